The van der Waals surface area contributed by atoms with E-state index in [1.54, 1.807) is 6.92 Å². The van der Waals surface area contributed by atoms with Crippen LogP contribution in [0.15, 0.2) is 18.2 Å². The van der Waals surface area contributed by atoms with E-state index in [0.29, 0.717) is 17.7 Å². The monoisotopic (exact) mass is 246 g/mol. The number of nitro groups is 1. The molecule has 1 rings (SSSR count). The van der Waals surface area contributed by atoms with Gasteiger partial charge in [-0.1, -0.05) is 5.92 Å². The highest BCUT2D eigenvalue weighted by Crippen LogP contribution is 2.18. The summed E-state index contributed by atoms with van der Waals surface area (Å²) in [6.45, 7) is 4.23. The third kappa shape index (κ3) is 2.86. The molecule has 18 heavy (non-hydrogen) atoms. The Kier molecular flexibility index (Phi) is 4.44. The average molecular weight is 246 g/mol. The second kappa shape index (κ2) is 5.82. The summed E-state index contributed by atoms with van der Waals surface area (Å²) < 4.78 is 0. The Morgan fingerprint density at radius 3 is 2.67 bits per heavy atom. The highest BCUT2D eigenvalue weighted by molar-refractivity contribution is 5.96. The van der Waals surface area contributed by atoms with Crippen molar-refractivity contribution in [2.45, 2.75) is 13.8 Å². The van der Waals surface area contributed by atoms with Gasteiger partial charge in [0.25, 0.3) is 11.6 Å². The van der Waals surface area contributed by atoms with Crippen LogP contribution < -0.4 is 0 Å². The number of hydrogen-bond acceptors (Lipinski definition) is 3. The first-order valence-electron chi connectivity index (χ1n) is 5.49. The van der Waals surface area contributed by atoms with Crippen molar-refractivity contribution in [1.29, 1.82) is 0 Å². The highest BCUT2D eigenvalue weighted by atomic mass is 16.6. The molecule has 5 nitrogen and oxygen atoms in total. The summed E-state index contributed by atoms with van der Waals surface area (Å²) in [6.07, 6.45) is 5.19. The Labute approximate surface area is 106 Å². The van der Waals surface area contributed by atoms with Gasteiger partial charge in [-0.05, 0) is 25.5 Å². The van der Waals surface area contributed by atoms with E-state index in [1.165, 1.54) is 23.1 Å². The fraction of sp³-hybridized carbons (Fsp3) is 0.308. The number of carbonyl (C=O) groups is 1. The van der Waals surface area contributed by atoms with E-state index in [9.17, 15) is 14.9 Å². The lowest BCUT2D eigenvalue weighted by Gasteiger charge is -2.18. The minimum absolute atomic E-state index is 0.0240. The Bertz CT molecular complexity index is 517. The second-order valence-corrected chi connectivity index (χ2v) is 3.78. The molecule has 94 valence electrons. The van der Waals surface area contributed by atoms with Crippen LogP contribution in [0.2, 0.25) is 0 Å². The van der Waals surface area contributed by atoms with Gasteiger partial charge in [-0.2, -0.15) is 0 Å². The fourth-order valence-electron chi connectivity index (χ4n) is 1.61. The van der Waals surface area contributed by atoms with Crippen molar-refractivity contribution in [3.05, 3.63) is 39.4 Å². The van der Waals surface area contributed by atoms with Crippen LogP contribution >= 0.6 is 0 Å². The van der Waals surface area contributed by atoms with Crippen LogP contribution in [0, 0.1) is 29.4 Å². The number of benzene rings is 1. The molecule has 0 aliphatic rings. The van der Waals surface area contributed by atoms with Crippen LogP contribution in [0.1, 0.15) is 22.8 Å². The van der Waals surface area contributed by atoms with Crippen LogP contribution in [0.3, 0.4) is 0 Å². The first-order valence-corrected chi connectivity index (χ1v) is 5.49. The minimum atomic E-state index is -0.486. The number of rotatable bonds is 4. The van der Waals surface area contributed by atoms with Crippen molar-refractivity contribution < 1.29 is 9.72 Å². The van der Waals surface area contributed by atoms with Gasteiger partial charge in [-0.15, -0.1) is 6.42 Å². The Balaban J connectivity index is 3.07. The number of amides is 1. The van der Waals surface area contributed by atoms with Crippen LogP contribution in [0.25, 0.3) is 0 Å². The largest absolute Gasteiger partial charge is 0.328 e. The summed E-state index contributed by atoms with van der Waals surface area (Å²) in [7, 11) is 0. The topological polar surface area (TPSA) is 63.5 Å². The molecular formula is C13H14N2O3. The van der Waals surface area contributed by atoms with E-state index in [1.807, 2.05) is 6.92 Å². The normalized spacial score (nSPS) is 9.61. The molecule has 0 spiro atoms. The number of nitro benzene ring substituents is 1. The predicted octanol–water partition coefficient (Wildman–Crippen LogP) is 2.00. The molecule has 0 aliphatic heterocycles. The number of non-ortho nitro benzene ring substituents is 1. The zero-order valence-electron chi connectivity index (χ0n) is 10.3. The number of nitrogens with zero attached hydrogens (tertiary/aromatic N) is 2. The van der Waals surface area contributed by atoms with Gasteiger partial charge >= 0.3 is 0 Å². The zero-order valence-corrected chi connectivity index (χ0v) is 10.3. The molecule has 0 bridgehead atoms. The Hall–Kier alpha value is -2.35. The average Bonchev–Trinajstić information content (AvgIpc) is 2.34. The van der Waals surface area contributed by atoms with Crippen LogP contribution in [0.5, 0.6) is 0 Å². The van der Waals surface area contributed by atoms with Crippen molar-refractivity contribution in [2.75, 3.05) is 13.1 Å². The highest BCUT2D eigenvalue weighted by Gasteiger charge is 2.17. The predicted molar refractivity (Wildman–Crippen MR) is 68.2 cm³/mol. The molecule has 1 aromatic rings. The quantitative estimate of drug-likeness (QED) is 0.463. The number of hydrogen-bond donors (Lipinski definition) is 0. The molecule has 5 heteroatoms. The molecule has 0 heterocycles. The molecule has 0 unspecified atom stereocenters. The van der Waals surface area contributed by atoms with Crippen LogP contribution in [-0.4, -0.2) is 28.8 Å². The fourth-order valence-corrected chi connectivity index (χ4v) is 1.61. The molecule has 1 aromatic carbocycles. The van der Waals surface area contributed by atoms with Gasteiger partial charge < -0.3 is 4.90 Å². The summed E-state index contributed by atoms with van der Waals surface area (Å²) in [5.41, 5.74) is 0.992. The maximum Gasteiger partial charge on any atom is 0.269 e. The summed E-state index contributed by atoms with van der Waals surface area (Å²) in [4.78, 5) is 23.8. The van der Waals surface area contributed by atoms with Crippen molar-refractivity contribution in [3.8, 4) is 12.3 Å². The molecule has 0 saturated heterocycles. The molecule has 1 amide bonds. The van der Waals surface area contributed by atoms with E-state index in [0.717, 1.165) is 0 Å². The molecule has 0 aromatic heterocycles. The third-order valence-electron chi connectivity index (χ3n) is 2.60. The van der Waals surface area contributed by atoms with Crippen LogP contribution in [0.4, 0.5) is 5.69 Å². The van der Waals surface area contributed by atoms with E-state index < -0.39 is 4.92 Å². The second-order valence-electron chi connectivity index (χ2n) is 3.78. The molecule has 0 N–H and O–H groups in total. The molecule has 0 fully saturated rings. The van der Waals surface area contributed by atoms with Crippen LogP contribution in [-0.2, 0) is 0 Å². The third-order valence-corrected chi connectivity index (χ3v) is 2.60. The number of carbonyl (C=O) groups excluding carboxylic acids is 1. The lowest BCUT2D eigenvalue weighted by Crippen LogP contribution is -2.31. The molecule has 0 aliphatic carbocycles. The maximum absolute atomic E-state index is 12.1. The SMILES string of the molecule is C#CCN(CC)C(=O)c1ccc([N+](=O)[O-])cc1C. The summed E-state index contributed by atoms with van der Waals surface area (Å²) in [5.74, 6) is 2.21. The first kappa shape index (κ1) is 13.7. The van der Waals surface area contributed by atoms with E-state index in [-0.39, 0.29) is 18.1 Å². The summed E-state index contributed by atoms with van der Waals surface area (Å²) in [5, 5.41) is 10.6. The Morgan fingerprint density at radius 2 is 2.22 bits per heavy atom. The summed E-state index contributed by atoms with van der Waals surface area (Å²) in [6, 6.07) is 4.18. The lowest BCUT2D eigenvalue weighted by atomic mass is 10.1. The summed E-state index contributed by atoms with van der Waals surface area (Å²) >= 11 is 0. The smallest absolute Gasteiger partial charge is 0.269 e. The van der Waals surface area contributed by atoms with Gasteiger partial charge in [0, 0.05) is 24.2 Å². The van der Waals surface area contributed by atoms with Gasteiger partial charge in [0.15, 0.2) is 0 Å². The first-order chi connectivity index (χ1) is 8.51. The number of aryl methyl sites for hydroxylation is 1. The number of terminal acetylenes is 1. The van der Waals surface area contributed by atoms with Gasteiger partial charge in [0.1, 0.15) is 0 Å². The standard InChI is InChI=1S/C13H14N2O3/c1-4-8-14(5-2)13(16)12-7-6-11(15(17)18)9-10(12)3/h1,6-7,9H,5,8H2,2-3H3. The van der Waals surface area contributed by atoms with E-state index in [2.05, 4.69) is 5.92 Å². The molecular weight excluding hydrogens is 232 g/mol. The Morgan fingerprint density at radius 1 is 1.56 bits per heavy atom. The maximum atomic E-state index is 12.1. The zero-order chi connectivity index (χ0) is 13.7. The lowest BCUT2D eigenvalue weighted by molar-refractivity contribution is -0.384. The van der Waals surface area contributed by atoms with E-state index in [4.69, 9.17) is 6.42 Å². The van der Waals surface area contributed by atoms with E-state index >= 15 is 0 Å². The van der Waals surface area contributed by atoms with Gasteiger partial charge in [-0.25, -0.2) is 0 Å². The van der Waals surface area contributed by atoms with Crippen molar-refractivity contribution in [1.82, 2.24) is 4.90 Å². The minimum Gasteiger partial charge on any atom is -0.328 e. The van der Waals surface area contributed by atoms with Gasteiger partial charge in [0.2, 0.25) is 0 Å². The van der Waals surface area contributed by atoms with Crippen molar-refractivity contribution in [3.63, 3.8) is 0 Å². The van der Waals surface area contributed by atoms with Crippen molar-refractivity contribution in [2.24, 2.45) is 0 Å². The van der Waals surface area contributed by atoms with Gasteiger partial charge in [0.05, 0.1) is 11.5 Å². The molecule has 0 atom stereocenters. The van der Waals surface area contributed by atoms with Gasteiger partial charge in [-0.3, -0.25) is 14.9 Å². The van der Waals surface area contributed by atoms with Crippen molar-refractivity contribution >= 4 is 11.6 Å². The molecule has 0 saturated carbocycles. The molecule has 0 radical (unpaired) electrons.